The number of carbonyl (C=O) groups is 1. The summed E-state index contributed by atoms with van der Waals surface area (Å²) in [5.41, 5.74) is 0. The Kier molecular flexibility index (Phi) is 3.50. The quantitative estimate of drug-likeness (QED) is 0.870. The van der Waals surface area contributed by atoms with E-state index in [2.05, 4.69) is 9.71 Å². The number of aromatic nitrogens is 1. The number of aliphatic carboxylic acids is 1. The molecule has 1 aromatic heterocycles. The van der Waals surface area contributed by atoms with E-state index >= 15 is 0 Å². The van der Waals surface area contributed by atoms with Gasteiger partial charge in [-0.1, -0.05) is 12.1 Å². The number of rotatable bonds is 4. The number of hydrogen-bond acceptors (Lipinski definition) is 4. The first-order valence-corrected chi connectivity index (χ1v) is 6.98. The Morgan fingerprint density at radius 3 is 2.79 bits per heavy atom. The minimum atomic E-state index is -3.89. The summed E-state index contributed by atoms with van der Waals surface area (Å²) in [4.78, 5) is 14.7. The lowest BCUT2D eigenvalue weighted by atomic mass is 10.2. The fraction of sp³-hybridized carbons (Fsp3) is 0.167. The molecule has 0 radical (unpaired) electrons. The molecule has 100 valence electrons. The molecular formula is C12H12N2O4S. The molecule has 0 aliphatic heterocycles. The zero-order valence-corrected chi connectivity index (χ0v) is 10.9. The monoisotopic (exact) mass is 280 g/mol. The number of sulfonamides is 1. The predicted molar refractivity (Wildman–Crippen MR) is 69.2 cm³/mol. The summed E-state index contributed by atoms with van der Waals surface area (Å²) in [6.45, 7) is 1.27. The number of nitrogens with one attached hydrogen (secondary N) is 1. The van der Waals surface area contributed by atoms with Crippen LogP contribution in [0.5, 0.6) is 0 Å². The predicted octanol–water partition coefficient (Wildman–Crippen LogP) is 0.986. The normalized spacial score (nSPS) is 13.3. The highest BCUT2D eigenvalue weighted by molar-refractivity contribution is 7.89. The zero-order chi connectivity index (χ0) is 14.0. The maximum Gasteiger partial charge on any atom is 0.321 e. The van der Waals surface area contributed by atoms with E-state index in [1.165, 1.54) is 19.2 Å². The Labute approximate surface area is 110 Å². The van der Waals surface area contributed by atoms with Crippen LogP contribution in [0.15, 0.2) is 41.6 Å². The third-order valence-corrected chi connectivity index (χ3v) is 4.23. The van der Waals surface area contributed by atoms with Crippen LogP contribution in [0.25, 0.3) is 10.8 Å². The summed E-state index contributed by atoms with van der Waals surface area (Å²) in [6.07, 6.45) is 3.04. The lowest BCUT2D eigenvalue weighted by molar-refractivity contribution is -0.138. The highest BCUT2D eigenvalue weighted by atomic mass is 32.2. The van der Waals surface area contributed by atoms with Crippen LogP contribution in [-0.4, -0.2) is 30.5 Å². The smallest absolute Gasteiger partial charge is 0.321 e. The van der Waals surface area contributed by atoms with Crippen LogP contribution in [0, 0.1) is 0 Å². The molecule has 0 bridgehead atoms. The van der Waals surface area contributed by atoms with Gasteiger partial charge in [-0.25, -0.2) is 8.42 Å². The third-order valence-electron chi connectivity index (χ3n) is 2.63. The second-order valence-electron chi connectivity index (χ2n) is 4.03. The Bertz CT molecular complexity index is 722. The Morgan fingerprint density at radius 2 is 2.11 bits per heavy atom. The van der Waals surface area contributed by atoms with Crippen molar-refractivity contribution >= 4 is 26.8 Å². The molecule has 1 atom stereocenters. The van der Waals surface area contributed by atoms with Gasteiger partial charge < -0.3 is 5.11 Å². The Balaban J connectivity index is 2.52. The van der Waals surface area contributed by atoms with Crippen molar-refractivity contribution in [2.45, 2.75) is 17.9 Å². The van der Waals surface area contributed by atoms with Crippen LogP contribution < -0.4 is 4.72 Å². The molecule has 0 saturated heterocycles. The fourth-order valence-electron chi connectivity index (χ4n) is 1.67. The number of hydrogen-bond donors (Lipinski definition) is 2. The summed E-state index contributed by atoms with van der Waals surface area (Å²) >= 11 is 0. The summed E-state index contributed by atoms with van der Waals surface area (Å²) in [7, 11) is -3.89. The van der Waals surface area contributed by atoms with E-state index < -0.39 is 22.0 Å². The highest BCUT2D eigenvalue weighted by Crippen LogP contribution is 2.21. The lowest BCUT2D eigenvalue weighted by Gasteiger charge is -2.11. The average molecular weight is 280 g/mol. The lowest BCUT2D eigenvalue weighted by Crippen LogP contribution is -2.38. The van der Waals surface area contributed by atoms with Gasteiger partial charge in [0.25, 0.3) is 0 Å². The Hall–Kier alpha value is -1.99. The first-order chi connectivity index (χ1) is 8.92. The minimum Gasteiger partial charge on any atom is -0.480 e. The SMILES string of the molecule is C[C@H](NS(=O)(=O)c1cccc2cnccc12)C(=O)O. The number of carboxylic acid groups (broad SMARTS) is 1. The van der Waals surface area contributed by atoms with Gasteiger partial charge in [-0.05, 0) is 19.1 Å². The molecule has 0 unspecified atom stereocenters. The molecule has 0 spiro atoms. The van der Waals surface area contributed by atoms with Crippen LogP contribution in [0.2, 0.25) is 0 Å². The first kappa shape index (κ1) is 13.4. The number of pyridine rings is 1. The summed E-state index contributed by atoms with van der Waals surface area (Å²) in [5.74, 6) is -1.23. The summed E-state index contributed by atoms with van der Waals surface area (Å²) < 4.78 is 26.4. The van der Waals surface area contributed by atoms with Gasteiger partial charge in [0.15, 0.2) is 0 Å². The minimum absolute atomic E-state index is 0.0421. The van der Waals surface area contributed by atoms with E-state index in [0.717, 1.165) is 0 Å². The summed E-state index contributed by atoms with van der Waals surface area (Å²) in [6, 6.07) is 5.14. The fourth-order valence-corrected chi connectivity index (χ4v) is 3.10. The molecule has 19 heavy (non-hydrogen) atoms. The van der Waals surface area contributed by atoms with Gasteiger partial charge in [-0.2, -0.15) is 4.72 Å². The van der Waals surface area contributed by atoms with Crippen molar-refractivity contribution in [1.82, 2.24) is 9.71 Å². The van der Waals surface area contributed by atoms with Crippen LogP contribution >= 0.6 is 0 Å². The van der Waals surface area contributed by atoms with Gasteiger partial charge in [-0.15, -0.1) is 0 Å². The first-order valence-electron chi connectivity index (χ1n) is 5.50. The topological polar surface area (TPSA) is 96.4 Å². The van der Waals surface area contributed by atoms with Gasteiger partial charge >= 0.3 is 5.97 Å². The van der Waals surface area contributed by atoms with Gasteiger partial charge in [0.05, 0.1) is 4.90 Å². The molecule has 0 aliphatic carbocycles. The van der Waals surface area contributed by atoms with E-state index in [1.807, 2.05) is 0 Å². The number of nitrogens with zero attached hydrogens (tertiary/aromatic N) is 1. The average Bonchev–Trinajstić information content (AvgIpc) is 2.37. The van der Waals surface area contributed by atoms with Crippen LogP contribution in [-0.2, 0) is 14.8 Å². The second-order valence-corrected chi connectivity index (χ2v) is 5.72. The van der Waals surface area contributed by atoms with E-state index in [0.29, 0.717) is 10.8 Å². The third kappa shape index (κ3) is 2.72. The Morgan fingerprint density at radius 1 is 1.37 bits per heavy atom. The van der Waals surface area contributed by atoms with E-state index in [-0.39, 0.29) is 4.90 Å². The molecule has 2 rings (SSSR count). The van der Waals surface area contributed by atoms with E-state index in [1.54, 1.807) is 24.4 Å². The van der Waals surface area contributed by atoms with E-state index in [9.17, 15) is 13.2 Å². The molecule has 0 amide bonds. The van der Waals surface area contributed by atoms with Crippen molar-refractivity contribution < 1.29 is 18.3 Å². The van der Waals surface area contributed by atoms with Gasteiger partial charge in [-0.3, -0.25) is 9.78 Å². The van der Waals surface area contributed by atoms with Crippen LogP contribution in [0.3, 0.4) is 0 Å². The molecular weight excluding hydrogens is 268 g/mol. The standard InChI is InChI=1S/C12H12N2O4S/c1-8(12(15)16)14-19(17,18)11-4-2-3-9-7-13-6-5-10(9)11/h2-8,14H,1H3,(H,15,16)/t8-/m0/s1. The van der Waals surface area contributed by atoms with Crippen molar-refractivity contribution in [3.63, 3.8) is 0 Å². The molecule has 0 fully saturated rings. The van der Waals surface area contributed by atoms with Crippen molar-refractivity contribution in [2.75, 3.05) is 0 Å². The molecule has 6 nitrogen and oxygen atoms in total. The summed E-state index contributed by atoms with van der Waals surface area (Å²) in [5, 5.41) is 9.95. The maximum atomic E-state index is 12.2. The van der Waals surface area contributed by atoms with Gasteiger partial charge in [0, 0.05) is 23.2 Å². The largest absolute Gasteiger partial charge is 0.480 e. The highest BCUT2D eigenvalue weighted by Gasteiger charge is 2.22. The molecule has 2 aromatic rings. The molecule has 2 N–H and O–H groups in total. The van der Waals surface area contributed by atoms with Gasteiger partial charge in [0.1, 0.15) is 6.04 Å². The number of fused-ring (bicyclic) bond motifs is 1. The van der Waals surface area contributed by atoms with Crippen LogP contribution in [0.1, 0.15) is 6.92 Å². The van der Waals surface area contributed by atoms with Crippen molar-refractivity contribution in [2.24, 2.45) is 0 Å². The molecule has 1 heterocycles. The molecule has 0 saturated carbocycles. The number of carboxylic acids is 1. The zero-order valence-electron chi connectivity index (χ0n) is 10.1. The van der Waals surface area contributed by atoms with Crippen molar-refractivity contribution in [3.8, 4) is 0 Å². The second kappa shape index (κ2) is 4.94. The van der Waals surface area contributed by atoms with Crippen LogP contribution in [0.4, 0.5) is 0 Å². The molecule has 7 heteroatoms. The molecule has 1 aromatic carbocycles. The van der Waals surface area contributed by atoms with Crippen molar-refractivity contribution in [1.29, 1.82) is 0 Å². The number of benzene rings is 1. The van der Waals surface area contributed by atoms with E-state index in [4.69, 9.17) is 5.11 Å². The maximum absolute atomic E-state index is 12.2. The van der Waals surface area contributed by atoms with Crippen molar-refractivity contribution in [3.05, 3.63) is 36.7 Å². The van der Waals surface area contributed by atoms with Gasteiger partial charge in [0.2, 0.25) is 10.0 Å². The molecule has 0 aliphatic rings.